The second kappa shape index (κ2) is 8.08. The van der Waals surface area contributed by atoms with Crippen LogP contribution in [-0.4, -0.2) is 34.8 Å². The molecule has 122 valence electrons. The van der Waals surface area contributed by atoms with Gasteiger partial charge in [0.15, 0.2) is 5.13 Å². The van der Waals surface area contributed by atoms with Crippen molar-refractivity contribution in [3.8, 4) is 0 Å². The van der Waals surface area contributed by atoms with Gasteiger partial charge in [0.1, 0.15) is 6.54 Å². The molecule has 0 saturated heterocycles. The molecule has 0 aliphatic heterocycles. The molecule has 1 N–H and O–H groups in total. The molecule has 0 fully saturated rings. The lowest BCUT2D eigenvalue weighted by molar-refractivity contribution is -0.116. The van der Waals surface area contributed by atoms with E-state index in [4.69, 9.17) is 11.6 Å². The predicted octanol–water partition coefficient (Wildman–Crippen LogP) is 3.60. The number of nitrogens with zero attached hydrogens (tertiary/aromatic N) is 2. The van der Waals surface area contributed by atoms with E-state index in [1.807, 2.05) is 13.8 Å². The fourth-order valence-corrected chi connectivity index (χ4v) is 2.97. The third kappa shape index (κ3) is 4.77. The molecule has 0 bridgehead atoms. The standard InChI is InChI=1S/C16H18ClN3O2S/c1-3-8-20(15(22)12-6-4-5-7-13(12)17)10-14(21)19-16-18-9-11(2)23-16/h4-7,9H,3,8,10H2,1-2H3,(H,18,19,21). The highest BCUT2D eigenvalue weighted by molar-refractivity contribution is 7.15. The van der Waals surface area contributed by atoms with Crippen LogP contribution in [-0.2, 0) is 4.79 Å². The summed E-state index contributed by atoms with van der Waals surface area (Å²) >= 11 is 7.47. The maximum atomic E-state index is 12.6. The number of rotatable bonds is 6. The normalized spacial score (nSPS) is 10.4. The van der Waals surface area contributed by atoms with Gasteiger partial charge >= 0.3 is 0 Å². The van der Waals surface area contributed by atoms with Crippen LogP contribution in [0, 0.1) is 6.92 Å². The van der Waals surface area contributed by atoms with E-state index in [1.54, 1.807) is 30.5 Å². The lowest BCUT2D eigenvalue weighted by Crippen LogP contribution is -2.38. The summed E-state index contributed by atoms with van der Waals surface area (Å²) < 4.78 is 0. The fraction of sp³-hybridized carbons (Fsp3) is 0.312. The molecule has 1 heterocycles. The minimum absolute atomic E-state index is 0.0312. The topological polar surface area (TPSA) is 62.3 Å². The van der Waals surface area contributed by atoms with Crippen LogP contribution in [0.15, 0.2) is 30.5 Å². The van der Waals surface area contributed by atoms with Gasteiger partial charge in [-0.15, -0.1) is 11.3 Å². The van der Waals surface area contributed by atoms with E-state index in [-0.39, 0.29) is 18.4 Å². The maximum absolute atomic E-state index is 12.6. The third-order valence-corrected chi connectivity index (χ3v) is 4.24. The van der Waals surface area contributed by atoms with Gasteiger partial charge in [0, 0.05) is 17.6 Å². The Bertz CT molecular complexity index is 702. The molecule has 0 aliphatic carbocycles. The van der Waals surface area contributed by atoms with Gasteiger partial charge in [-0.2, -0.15) is 0 Å². The zero-order valence-electron chi connectivity index (χ0n) is 13.0. The number of aromatic nitrogens is 1. The van der Waals surface area contributed by atoms with Crippen LogP contribution >= 0.6 is 22.9 Å². The van der Waals surface area contributed by atoms with Crippen LogP contribution in [0.2, 0.25) is 5.02 Å². The van der Waals surface area contributed by atoms with Crippen molar-refractivity contribution < 1.29 is 9.59 Å². The number of nitrogens with one attached hydrogen (secondary N) is 1. The van der Waals surface area contributed by atoms with Crippen molar-refractivity contribution in [2.45, 2.75) is 20.3 Å². The van der Waals surface area contributed by atoms with Gasteiger partial charge in [0.05, 0.1) is 10.6 Å². The first-order valence-electron chi connectivity index (χ1n) is 7.27. The minimum Gasteiger partial charge on any atom is -0.329 e. The average Bonchev–Trinajstić information content (AvgIpc) is 2.91. The number of hydrogen-bond acceptors (Lipinski definition) is 4. The summed E-state index contributed by atoms with van der Waals surface area (Å²) in [5.74, 6) is -0.517. The number of aryl methyl sites for hydroxylation is 1. The Morgan fingerprint density at radius 1 is 1.35 bits per heavy atom. The van der Waals surface area contributed by atoms with Crippen molar-refractivity contribution >= 4 is 39.9 Å². The van der Waals surface area contributed by atoms with E-state index in [0.29, 0.717) is 22.3 Å². The third-order valence-electron chi connectivity index (χ3n) is 3.09. The lowest BCUT2D eigenvalue weighted by atomic mass is 10.2. The predicted molar refractivity (Wildman–Crippen MR) is 93.1 cm³/mol. The molecule has 7 heteroatoms. The quantitative estimate of drug-likeness (QED) is 0.865. The number of hydrogen-bond donors (Lipinski definition) is 1. The second-order valence-electron chi connectivity index (χ2n) is 5.03. The molecule has 2 aromatic rings. The molecule has 2 rings (SSSR count). The number of carbonyl (C=O) groups excluding carboxylic acids is 2. The number of halogens is 1. The molecule has 1 aromatic heterocycles. The van der Waals surface area contributed by atoms with Crippen LogP contribution in [0.4, 0.5) is 5.13 Å². The summed E-state index contributed by atoms with van der Waals surface area (Å²) in [6.07, 6.45) is 2.44. The van der Waals surface area contributed by atoms with E-state index in [0.717, 1.165) is 11.3 Å². The largest absolute Gasteiger partial charge is 0.329 e. The van der Waals surface area contributed by atoms with Crippen LogP contribution in [0.5, 0.6) is 0 Å². The Morgan fingerprint density at radius 2 is 2.09 bits per heavy atom. The molecular weight excluding hydrogens is 334 g/mol. The van der Waals surface area contributed by atoms with E-state index in [9.17, 15) is 9.59 Å². The molecule has 0 aliphatic rings. The molecule has 23 heavy (non-hydrogen) atoms. The molecule has 0 spiro atoms. The Balaban J connectivity index is 2.07. The highest BCUT2D eigenvalue weighted by Crippen LogP contribution is 2.18. The van der Waals surface area contributed by atoms with Crippen molar-refractivity contribution in [1.82, 2.24) is 9.88 Å². The van der Waals surface area contributed by atoms with E-state index >= 15 is 0 Å². The van der Waals surface area contributed by atoms with Crippen molar-refractivity contribution in [2.24, 2.45) is 0 Å². The molecule has 0 unspecified atom stereocenters. The molecular formula is C16H18ClN3O2S. The number of amides is 2. The average molecular weight is 352 g/mol. The Kier molecular flexibility index (Phi) is 6.12. The molecule has 0 atom stereocenters. The van der Waals surface area contributed by atoms with Crippen molar-refractivity contribution in [3.05, 3.63) is 45.9 Å². The summed E-state index contributed by atoms with van der Waals surface area (Å²) in [7, 11) is 0. The first kappa shape index (κ1) is 17.4. The zero-order valence-corrected chi connectivity index (χ0v) is 14.6. The zero-order chi connectivity index (χ0) is 16.8. The maximum Gasteiger partial charge on any atom is 0.255 e. The Hall–Kier alpha value is -1.92. The number of thiazole rings is 1. The summed E-state index contributed by atoms with van der Waals surface area (Å²) in [5.41, 5.74) is 0.403. The van der Waals surface area contributed by atoms with Crippen LogP contribution < -0.4 is 5.32 Å². The van der Waals surface area contributed by atoms with Gasteiger partial charge in [-0.05, 0) is 25.5 Å². The first-order valence-corrected chi connectivity index (χ1v) is 8.46. The van der Waals surface area contributed by atoms with Gasteiger partial charge in [0.25, 0.3) is 5.91 Å². The van der Waals surface area contributed by atoms with Gasteiger partial charge in [0.2, 0.25) is 5.91 Å². The van der Waals surface area contributed by atoms with Crippen molar-refractivity contribution in [2.75, 3.05) is 18.4 Å². The van der Waals surface area contributed by atoms with E-state index < -0.39 is 0 Å². The van der Waals surface area contributed by atoms with Crippen LogP contribution in [0.25, 0.3) is 0 Å². The highest BCUT2D eigenvalue weighted by atomic mass is 35.5. The smallest absolute Gasteiger partial charge is 0.255 e. The van der Waals surface area contributed by atoms with Gasteiger partial charge < -0.3 is 10.2 Å². The second-order valence-corrected chi connectivity index (χ2v) is 6.67. The van der Waals surface area contributed by atoms with E-state index in [1.165, 1.54) is 16.2 Å². The summed E-state index contributed by atoms with van der Waals surface area (Å²) in [5, 5.41) is 3.63. The van der Waals surface area contributed by atoms with Crippen molar-refractivity contribution in [1.29, 1.82) is 0 Å². The molecule has 5 nitrogen and oxygen atoms in total. The highest BCUT2D eigenvalue weighted by Gasteiger charge is 2.20. The van der Waals surface area contributed by atoms with Crippen LogP contribution in [0.1, 0.15) is 28.6 Å². The van der Waals surface area contributed by atoms with Crippen LogP contribution in [0.3, 0.4) is 0 Å². The number of carbonyl (C=O) groups is 2. The Morgan fingerprint density at radius 3 is 2.70 bits per heavy atom. The minimum atomic E-state index is -0.270. The molecule has 1 aromatic carbocycles. The monoisotopic (exact) mass is 351 g/mol. The van der Waals surface area contributed by atoms with Gasteiger partial charge in [-0.25, -0.2) is 4.98 Å². The summed E-state index contributed by atoms with van der Waals surface area (Å²) in [6.45, 7) is 4.32. The summed E-state index contributed by atoms with van der Waals surface area (Å²) in [4.78, 5) is 31.3. The SMILES string of the molecule is CCCN(CC(=O)Nc1ncc(C)s1)C(=O)c1ccccc1Cl. The van der Waals surface area contributed by atoms with Crippen molar-refractivity contribution in [3.63, 3.8) is 0 Å². The van der Waals surface area contributed by atoms with Gasteiger partial charge in [-0.3, -0.25) is 9.59 Å². The van der Waals surface area contributed by atoms with E-state index in [2.05, 4.69) is 10.3 Å². The molecule has 0 radical (unpaired) electrons. The van der Waals surface area contributed by atoms with Gasteiger partial charge in [-0.1, -0.05) is 30.7 Å². The Labute approximate surface area is 144 Å². The number of benzene rings is 1. The molecule has 2 amide bonds. The fourth-order valence-electron chi connectivity index (χ4n) is 2.07. The lowest BCUT2D eigenvalue weighted by Gasteiger charge is -2.21. The number of anilines is 1. The summed E-state index contributed by atoms with van der Waals surface area (Å²) in [6, 6.07) is 6.84. The first-order chi connectivity index (χ1) is 11.0. The molecule has 0 saturated carbocycles.